The number of nitrogens with zero attached hydrogens (tertiary/aromatic N) is 3. The Kier molecular flexibility index (Phi) is 4.53. The molecule has 1 aromatic heterocycles. The predicted octanol–water partition coefficient (Wildman–Crippen LogP) is 2.48. The Morgan fingerprint density at radius 2 is 1.96 bits per heavy atom. The Morgan fingerprint density at radius 1 is 1.22 bits per heavy atom. The molecule has 1 N–H and O–H groups in total. The van der Waals surface area contributed by atoms with Crippen LogP contribution in [0.5, 0.6) is 0 Å². The molecule has 2 aromatic rings. The van der Waals surface area contributed by atoms with Gasteiger partial charge >= 0.3 is 0 Å². The van der Waals surface area contributed by atoms with E-state index < -0.39 is 0 Å². The van der Waals surface area contributed by atoms with Crippen molar-refractivity contribution in [1.82, 2.24) is 10.3 Å². The molecule has 5 heteroatoms. The second kappa shape index (κ2) is 6.93. The number of carbonyl (C=O) groups excluding carboxylic acids is 1. The maximum atomic E-state index is 12.1. The fraction of sp³-hybridized carbons (Fsp3) is 0.278. The molecule has 0 radical (unpaired) electrons. The Labute approximate surface area is 135 Å². The summed E-state index contributed by atoms with van der Waals surface area (Å²) in [5, 5.41) is 11.7. The van der Waals surface area contributed by atoms with E-state index in [-0.39, 0.29) is 5.91 Å². The minimum Gasteiger partial charge on any atom is -0.357 e. The number of rotatable bonds is 4. The third-order valence-corrected chi connectivity index (χ3v) is 3.97. The standard InChI is InChI=1S/C18H18N4O/c19-12-14-3-5-16(6-4-14)18(23)21-13-15-7-8-20-17(11-15)22-9-1-2-10-22/h3-8,11H,1-2,9-10,13H2,(H,21,23). The van der Waals surface area contributed by atoms with Crippen molar-refractivity contribution in [2.45, 2.75) is 19.4 Å². The number of aromatic nitrogens is 1. The van der Waals surface area contributed by atoms with Crippen LogP contribution in [0.25, 0.3) is 0 Å². The molecule has 3 rings (SSSR count). The number of nitriles is 1. The highest BCUT2D eigenvalue weighted by atomic mass is 16.1. The molecule has 1 aromatic carbocycles. The molecule has 0 unspecified atom stereocenters. The van der Waals surface area contributed by atoms with Crippen molar-refractivity contribution >= 4 is 11.7 Å². The normalized spacial score (nSPS) is 13.6. The quantitative estimate of drug-likeness (QED) is 0.942. The molecule has 0 spiro atoms. The molecular formula is C18H18N4O. The van der Waals surface area contributed by atoms with E-state index in [1.54, 1.807) is 30.5 Å². The Morgan fingerprint density at radius 3 is 2.65 bits per heavy atom. The minimum absolute atomic E-state index is 0.144. The fourth-order valence-electron chi connectivity index (χ4n) is 2.67. The summed E-state index contributed by atoms with van der Waals surface area (Å²) in [4.78, 5) is 18.8. The predicted molar refractivity (Wildman–Crippen MR) is 88.0 cm³/mol. The molecule has 1 aliphatic heterocycles. The van der Waals surface area contributed by atoms with Crippen molar-refractivity contribution in [3.8, 4) is 6.07 Å². The van der Waals surface area contributed by atoms with Crippen LogP contribution in [-0.4, -0.2) is 24.0 Å². The molecule has 116 valence electrons. The van der Waals surface area contributed by atoms with Gasteiger partial charge in [-0.3, -0.25) is 4.79 Å². The van der Waals surface area contributed by atoms with Gasteiger partial charge in [0.15, 0.2) is 0 Å². The molecule has 0 aliphatic carbocycles. The van der Waals surface area contributed by atoms with E-state index in [1.165, 1.54) is 12.8 Å². The lowest BCUT2D eigenvalue weighted by atomic mass is 10.1. The van der Waals surface area contributed by atoms with Crippen LogP contribution < -0.4 is 10.2 Å². The van der Waals surface area contributed by atoms with Gasteiger partial charge in [-0.2, -0.15) is 5.26 Å². The molecule has 1 amide bonds. The Bertz CT molecular complexity index is 727. The number of hydrogen-bond acceptors (Lipinski definition) is 4. The topological polar surface area (TPSA) is 69.0 Å². The monoisotopic (exact) mass is 306 g/mol. The third-order valence-electron chi connectivity index (χ3n) is 3.97. The molecule has 1 fully saturated rings. The van der Waals surface area contributed by atoms with Crippen LogP contribution in [0.1, 0.15) is 34.3 Å². The largest absolute Gasteiger partial charge is 0.357 e. The van der Waals surface area contributed by atoms with E-state index in [0.717, 1.165) is 24.5 Å². The van der Waals surface area contributed by atoms with Gasteiger partial charge in [-0.1, -0.05) is 0 Å². The summed E-state index contributed by atoms with van der Waals surface area (Å²) in [5.41, 5.74) is 2.13. The maximum absolute atomic E-state index is 12.1. The average molecular weight is 306 g/mol. The summed E-state index contributed by atoms with van der Waals surface area (Å²) in [6, 6.07) is 12.6. The molecule has 1 aliphatic rings. The fourth-order valence-corrected chi connectivity index (χ4v) is 2.67. The number of hydrogen-bond donors (Lipinski definition) is 1. The summed E-state index contributed by atoms with van der Waals surface area (Å²) in [7, 11) is 0. The Hall–Kier alpha value is -2.87. The number of carbonyl (C=O) groups is 1. The van der Waals surface area contributed by atoms with Gasteiger partial charge in [0.1, 0.15) is 5.82 Å². The van der Waals surface area contributed by atoms with E-state index in [0.29, 0.717) is 17.7 Å². The lowest BCUT2D eigenvalue weighted by molar-refractivity contribution is 0.0951. The van der Waals surface area contributed by atoms with Gasteiger partial charge in [0, 0.05) is 31.4 Å². The van der Waals surface area contributed by atoms with E-state index in [1.807, 2.05) is 18.2 Å². The first-order valence-corrected chi connectivity index (χ1v) is 7.74. The molecule has 23 heavy (non-hydrogen) atoms. The van der Waals surface area contributed by atoms with Crippen LogP contribution in [0.4, 0.5) is 5.82 Å². The van der Waals surface area contributed by atoms with Crippen molar-refractivity contribution in [3.63, 3.8) is 0 Å². The van der Waals surface area contributed by atoms with Gasteiger partial charge in [-0.05, 0) is 54.8 Å². The number of nitrogens with one attached hydrogen (secondary N) is 1. The minimum atomic E-state index is -0.144. The Balaban J connectivity index is 1.62. The second-order valence-electron chi connectivity index (χ2n) is 5.59. The molecule has 2 heterocycles. The van der Waals surface area contributed by atoms with Gasteiger partial charge < -0.3 is 10.2 Å². The van der Waals surface area contributed by atoms with Crippen molar-refractivity contribution in [1.29, 1.82) is 5.26 Å². The molecule has 0 atom stereocenters. The van der Waals surface area contributed by atoms with E-state index in [9.17, 15) is 4.79 Å². The van der Waals surface area contributed by atoms with Crippen molar-refractivity contribution < 1.29 is 4.79 Å². The highest BCUT2D eigenvalue weighted by Gasteiger charge is 2.13. The summed E-state index contributed by atoms with van der Waals surface area (Å²) >= 11 is 0. The summed E-state index contributed by atoms with van der Waals surface area (Å²) in [5.74, 6) is 0.835. The summed E-state index contributed by atoms with van der Waals surface area (Å²) in [6.07, 6.45) is 4.21. The maximum Gasteiger partial charge on any atom is 0.251 e. The first-order valence-electron chi connectivity index (χ1n) is 7.74. The number of pyridine rings is 1. The number of amides is 1. The van der Waals surface area contributed by atoms with Crippen LogP contribution in [0, 0.1) is 11.3 Å². The zero-order valence-corrected chi connectivity index (χ0v) is 12.8. The van der Waals surface area contributed by atoms with Crippen molar-refractivity contribution in [2.75, 3.05) is 18.0 Å². The van der Waals surface area contributed by atoms with Gasteiger partial charge in [0.25, 0.3) is 5.91 Å². The van der Waals surface area contributed by atoms with Crippen LogP contribution in [-0.2, 0) is 6.54 Å². The lowest BCUT2D eigenvalue weighted by Gasteiger charge is -2.17. The van der Waals surface area contributed by atoms with Crippen molar-refractivity contribution in [2.24, 2.45) is 0 Å². The first-order chi connectivity index (χ1) is 11.3. The number of benzene rings is 1. The first kappa shape index (κ1) is 15.0. The van der Waals surface area contributed by atoms with Crippen LogP contribution in [0.15, 0.2) is 42.6 Å². The zero-order valence-electron chi connectivity index (χ0n) is 12.8. The van der Waals surface area contributed by atoms with Gasteiger partial charge in [-0.15, -0.1) is 0 Å². The second-order valence-corrected chi connectivity index (χ2v) is 5.59. The highest BCUT2D eigenvalue weighted by Crippen LogP contribution is 2.18. The van der Waals surface area contributed by atoms with Crippen LogP contribution >= 0.6 is 0 Å². The van der Waals surface area contributed by atoms with Crippen LogP contribution in [0.2, 0.25) is 0 Å². The average Bonchev–Trinajstić information content (AvgIpc) is 3.15. The molecular weight excluding hydrogens is 288 g/mol. The smallest absolute Gasteiger partial charge is 0.251 e. The molecule has 0 saturated carbocycles. The summed E-state index contributed by atoms with van der Waals surface area (Å²) in [6.45, 7) is 2.56. The third kappa shape index (κ3) is 3.67. The van der Waals surface area contributed by atoms with E-state index in [2.05, 4.69) is 15.2 Å². The van der Waals surface area contributed by atoms with Gasteiger partial charge in [0.05, 0.1) is 11.6 Å². The number of anilines is 1. The SMILES string of the molecule is N#Cc1ccc(C(=O)NCc2ccnc(N3CCCC3)c2)cc1. The molecule has 0 bridgehead atoms. The molecule has 5 nitrogen and oxygen atoms in total. The van der Waals surface area contributed by atoms with Crippen molar-refractivity contribution in [3.05, 3.63) is 59.3 Å². The van der Waals surface area contributed by atoms with Gasteiger partial charge in [-0.25, -0.2) is 4.98 Å². The molecule has 1 saturated heterocycles. The van der Waals surface area contributed by atoms with Gasteiger partial charge in [0.2, 0.25) is 0 Å². The lowest BCUT2D eigenvalue weighted by Crippen LogP contribution is -2.23. The zero-order chi connectivity index (χ0) is 16.1. The summed E-state index contributed by atoms with van der Waals surface area (Å²) < 4.78 is 0. The van der Waals surface area contributed by atoms with Crippen LogP contribution in [0.3, 0.4) is 0 Å². The highest BCUT2D eigenvalue weighted by molar-refractivity contribution is 5.94. The van der Waals surface area contributed by atoms with E-state index >= 15 is 0 Å². The van der Waals surface area contributed by atoms with E-state index in [4.69, 9.17) is 5.26 Å².